The zero-order chi connectivity index (χ0) is 12.1. The Hall–Kier alpha value is -0.130. The molecule has 0 radical (unpaired) electrons. The summed E-state index contributed by atoms with van der Waals surface area (Å²) in [6.45, 7) is 0.750. The fourth-order valence-corrected chi connectivity index (χ4v) is 2.48. The number of rotatable bonds is 5. The van der Waals surface area contributed by atoms with Crippen molar-refractivity contribution in [3.8, 4) is 0 Å². The summed E-state index contributed by atoms with van der Waals surface area (Å²) in [5.74, 6) is 0.0864. The Bertz CT molecular complexity index is 292. The van der Waals surface area contributed by atoms with E-state index >= 15 is 0 Å². The van der Waals surface area contributed by atoms with Crippen LogP contribution in [-0.4, -0.2) is 39.2 Å². The maximum absolute atomic E-state index is 10.9. The van der Waals surface area contributed by atoms with Crippen molar-refractivity contribution in [3.05, 3.63) is 0 Å². The van der Waals surface area contributed by atoms with E-state index in [-0.39, 0.29) is 17.9 Å². The zero-order valence-electron chi connectivity index (χ0n) is 10.1. The molecule has 0 heterocycles. The maximum atomic E-state index is 10.9. The first-order valence-corrected chi connectivity index (χ1v) is 8.02. The topological polar surface area (TPSA) is 69.4 Å². The minimum Gasteiger partial charge on any atom is -0.378 e. The first-order chi connectivity index (χ1) is 7.41. The van der Waals surface area contributed by atoms with E-state index in [9.17, 15) is 8.42 Å². The van der Waals surface area contributed by atoms with E-state index < -0.39 is 9.84 Å². The normalized spacial score (nSPS) is 21.6. The van der Waals surface area contributed by atoms with Gasteiger partial charge in [0.15, 0.2) is 0 Å². The Kier molecular flexibility index (Phi) is 5.21. The highest BCUT2D eigenvalue weighted by Crippen LogP contribution is 2.25. The molecule has 0 spiro atoms. The lowest BCUT2D eigenvalue weighted by Crippen LogP contribution is -2.44. The lowest BCUT2D eigenvalue weighted by Gasteiger charge is -2.27. The Labute approximate surface area is 98.5 Å². The maximum Gasteiger partial charge on any atom is 0.149 e. The van der Waals surface area contributed by atoms with Crippen LogP contribution in [0, 0.1) is 0 Å². The number of hydrogen-bond acceptors (Lipinski definition) is 4. The zero-order valence-corrected chi connectivity index (χ0v) is 10.9. The number of ether oxygens (including phenoxy) is 1. The quantitative estimate of drug-likeness (QED) is 0.585. The molecule has 1 aliphatic rings. The fraction of sp³-hybridized carbons (Fsp3) is 1.00. The van der Waals surface area contributed by atoms with Crippen LogP contribution in [-0.2, 0) is 14.6 Å². The molecule has 0 saturated heterocycles. The van der Waals surface area contributed by atoms with E-state index in [1.54, 1.807) is 0 Å². The smallest absolute Gasteiger partial charge is 0.149 e. The van der Waals surface area contributed by atoms with Crippen LogP contribution in [0.2, 0.25) is 0 Å². The summed E-state index contributed by atoms with van der Waals surface area (Å²) in [6.07, 6.45) is 8.03. The van der Waals surface area contributed by atoms with Crippen molar-refractivity contribution in [2.45, 2.75) is 44.1 Å². The lowest BCUT2D eigenvalue weighted by atomic mass is 9.93. The van der Waals surface area contributed by atoms with Crippen LogP contribution >= 0.6 is 0 Å². The van der Waals surface area contributed by atoms with E-state index in [2.05, 4.69) is 0 Å². The lowest BCUT2D eigenvalue weighted by molar-refractivity contribution is 0.0882. The van der Waals surface area contributed by atoms with E-state index in [1.165, 1.54) is 19.1 Å². The molecule has 0 aromatic carbocycles. The minimum absolute atomic E-state index is 0.0864. The molecule has 0 amide bonds. The average molecular weight is 249 g/mol. The van der Waals surface area contributed by atoms with Crippen molar-refractivity contribution in [1.82, 2.24) is 0 Å². The average Bonchev–Trinajstić information content (AvgIpc) is 2.37. The molecule has 96 valence electrons. The van der Waals surface area contributed by atoms with Crippen LogP contribution in [0.25, 0.3) is 0 Å². The number of hydrogen-bond donors (Lipinski definition) is 1. The van der Waals surface area contributed by atoms with Crippen molar-refractivity contribution < 1.29 is 13.2 Å². The standard InChI is InChI=1S/C11H23NO3S/c1-16(13,14)9-8-15-10-11(12)6-4-2-3-5-7-11/h2-10,12H2,1H3. The van der Waals surface area contributed by atoms with Crippen LogP contribution in [0.1, 0.15) is 38.5 Å². The molecule has 1 fully saturated rings. The van der Waals surface area contributed by atoms with E-state index in [0.717, 1.165) is 25.7 Å². The largest absolute Gasteiger partial charge is 0.378 e. The van der Waals surface area contributed by atoms with Crippen molar-refractivity contribution in [1.29, 1.82) is 0 Å². The molecule has 5 heteroatoms. The van der Waals surface area contributed by atoms with Gasteiger partial charge in [-0.3, -0.25) is 0 Å². The summed E-state index contributed by atoms with van der Waals surface area (Å²) in [5, 5.41) is 0. The minimum atomic E-state index is -2.92. The summed E-state index contributed by atoms with van der Waals surface area (Å²) >= 11 is 0. The second-order valence-corrected chi connectivity index (χ2v) is 7.22. The summed E-state index contributed by atoms with van der Waals surface area (Å²) in [6, 6.07) is 0. The Morgan fingerprint density at radius 3 is 2.25 bits per heavy atom. The first kappa shape index (κ1) is 13.9. The molecule has 0 atom stereocenters. The van der Waals surface area contributed by atoms with Gasteiger partial charge < -0.3 is 10.5 Å². The van der Waals surface area contributed by atoms with Crippen LogP contribution in [0.15, 0.2) is 0 Å². The van der Waals surface area contributed by atoms with Gasteiger partial charge in [0, 0.05) is 11.8 Å². The van der Waals surface area contributed by atoms with Gasteiger partial charge >= 0.3 is 0 Å². The molecule has 4 nitrogen and oxygen atoms in total. The molecule has 2 N–H and O–H groups in total. The van der Waals surface area contributed by atoms with Gasteiger partial charge in [0.1, 0.15) is 9.84 Å². The Morgan fingerprint density at radius 2 is 1.75 bits per heavy atom. The monoisotopic (exact) mass is 249 g/mol. The molecule has 0 aromatic heterocycles. The van der Waals surface area contributed by atoms with Gasteiger partial charge in [-0.15, -0.1) is 0 Å². The molecular weight excluding hydrogens is 226 g/mol. The summed E-state index contributed by atoms with van der Waals surface area (Å²) in [4.78, 5) is 0. The predicted octanol–water partition coefficient (Wildman–Crippen LogP) is 1.10. The van der Waals surface area contributed by atoms with Gasteiger partial charge in [0.2, 0.25) is 0 Å². The molecule has 1 rings (SSSR count). The Morgan fingerprint density at radius 1 is 1.19 bits per heavy atom. The highest BCUT2D eigenvalue weighted by atomic mass is 32.2. The highest BCUT2D eigenvalue weighted by molar-refractivity contribution is 7.90. The highest BCUT2D eigenvalue weighted by Gasteiger charge is 2.26. The van der Waals surface area contributed by atoms with Gasteiger partial charge in [-0.05, 0) is 12.8 Å². The van der Waals surface area contributed by atoms with Crippen molar-refractivity contribution in [2.24, 2.45) is 5.73 Å². The van der Waals surface area contributed by atoms with E-state index in [1.807, 2.05) is 0 Å². The van der Waals surface area contributed by atoms with Gasteiger partial charge in [-0.25, -0.2) is 8.42 Å². The molecule has 0 bridgehead atoms. The van der Waals surface area contributed by atoms with Crippen LogP contribution in [0.4, 0.5) is 0 Å². The second kappa shape index (κ2) is 5.98. The summed E-state index contributed by atoms with van der Waals surface area (Å²) in [7, 11) is -2.92. The van der Waals surface area contributed by atoms with Crippen molar-refractivity contribution in [3.63, 3.8) is 0 Å². The third kappa shape index (κ3) is 5.82. The molecule has 0 unspecified atom stereocenters. The van der Waals surface area contributed by atoms with Crippen LogP contribution in [0.5, 0.6) is 0 Å². The van der Waals surface area contributed by atoms with Gasteiger partial charge in [0.25, 0.3) is 0 Å². The van der Waals surface area contributed by atoms with E-state index in [4.69, 9.17) is 10.5 Å². The molecule has 0 aromatic rings. The van der Waals surface area contributed by atoms with Crippen molar-refractivity contribution >= 4 is 9.84 Å². The fourth-order valence-electron chi connectivity index (χ4n) is 2.06. The van der Waals surface area contributed by atoms with Gasteiger partial charge in [-0.1, -0.05) is 25.7 Å². The summed E-state index contributed by atoms with van der Waals surface area (Å²) in [5.41, 5.74) is 6.01. The third-order valence-corrected chi connectivity index (χ3v) is 4.00. The SMILES string of the molecule is CS(=O)(=O)CCOCC1(N)CCCCCC1. The van der Waals surface area contributed by atoms with Gasteiger partial charge in [0.05, 0.1) is 19.0 Å². The molecule has 0 aliphatic heterocycles. The number of nitrogens with two attached hydrogens (primary N) is 1. The summed E-state index contributed by atoms with van der Waals surface area (Å²) < 4.78 is 27.2. The predicted molar refractivity (Wildman–Crippen MR) is 65.2 cm³/mol. The van der Waals surface area contributed by atoms with Gasteiger partial charge in [-0.2, -0.15) is 0 Å². The first-order valence-electron chi connectivity index (χ1n) is 5.96. The van der Waals surface area contributed by atoms with E-state index in [0.29, 0.717) is 6.61 Å². The van der Waals surface area contributed by atoms with Crippen molar-refractivity contribution in [2.75, 3.05) is 25.2 Å². The Balaban J connectivity index is 2.24. The second-order valence-electron chi connectivity index (χ2n) is 4.96. The van der Waals surface area contributed by atoms with Crippen LogP contribution in [0.3, 0.4) is 0 Å². The number of sulfone groups is 1. The molecule has 1 aliphatic carbocycles. The molecule has 1 saturated carbocycles. The molecular formula is C11H23NO3S. The van der Waals surface area contributed by atoms with Crippen LogP contribution < -0.4 is 5.73 Å². The molecule has 16 heavy (non-hydrogen) atoms. The third-order valence-electron chi connectivity index (χ3n) is 3.09.